The molecule has 1 aliphatic heterocycles. The molecule has 0 spiro atoms. The summed E-state index contributed by atoms with van der Waals surface area (Å²) in [5.41, 5.74) is 2.13. The first kappa shape index (κ1) is 13.9. The van der Waals surface area contributed by atoms with Gasteiger partial charge in [0.05, 0.1) is 5.25 Å². The lowest BCUT2D eigenvalue weighted by Crippen LogP contribution is -2.23. The van der Waals surface area contributed by atoms with Gasteiger partial charge in [-0.1, -0.05) is 41.7 Å². The second-order valence-corrected chi connectivity index (χ2v) is 7.31. The van der Waals surface area contributed by atoms with Gasteiger partial charge in [0.2, 0.25) is 11.1 Å². The van der Waals surface area contributed by atoms with Crippen LogP contribution in [0.2, 0.25) is 0 Å². The smallest absolute Gasteiger partial charge is 0.237 e. The number of aryl methyl sites for hydroxylation is 1. The van der Waals surface area contributed by atoms with Crippen LogP contribution in [0.5, 0.6) is 0 Å². The van der Waals surface area contributed by atoms with Crippen LogP contribution in [0.15, 0.2) is 33.8 Å². The molecule has 1 atom stereocenters. The summed E-state index contributed by atoms with van der Waals surface area (Å²) in [5, 5.41) is 3.67. The number of nitrogens with one attached hydrogen (secondary N) is 1. The van der Waals surface area contributed by atoms with E-state index in [1.165, 1.54) is 40.6 Å². The number of para-hydroxylation sites is 1. The van der Waals surface area contributed by atoms with E-state index < -0.39 is 0 Å². The molecule has 0 unspecified atom stereocenters. The predicted molar refractivity (Wildman–Crippen MR) is 84.7 cm³/mol. The number of hydrogen-bond donors (Lipinski definition) is 1. The maximum atomic E-state index is 12.3. The highest BCUT2D eigenvalue weighted by Gasteiger charge is 2.25. The molecule has 2 aromatic rings. The molecule has 1 aromatic carbocycles. The van der Waals surface area contributed by atoms with Crippen molar-refractivity contribution in [1.29, 1.82) is 0 Å². The van der Waals surface area contributed by atoms with Crippen LogP contribution >= 0.6 is 35.1 Å². The quantitative estimate of drug-likeness (QED) is 0.878. The summed E-state index contributed by atoms with van der Waals surface area (Å²) in [7, 11) is 0. The largest absolute Gasteiger partial charge is 0.325 e. The fourth-order valence-corrected chi connectivity index (χ4v) is 4.50. The molecule has 20 heavy (non-hydrogen) atoms. The zero-order valence-electron chi connectivity index (χ0n) is 10.8. The van der Waals surface area contributed by atoms with Crippen LogP contribution in [0.1, 0.15) is 12.0 Å². The molecule has 7 heteroatoms. The number of benzene rings is 1. The summed E-state index contributed by atoms with van der Waals surface area (Å²) < 4.78 is 5.09. The molecule has 0 aliphatic carbocycles. The Balaban J connectivity index is 1.74. The van der Waals surface area contributed by atoms with Crippen molar-refractivity contribution >= 4 is 46.7 Å². The summed E-state index contributed by atoms with van der Waals surface area (Å²) in [6.07, 6.45) is 3.67. The molecule has 104 valence electrons. The van der Waals surface area contributed by atoms with E-state index in [0.29, 0.717) is 0 Å². The van der Waals surface area contributed by atoms with Crippen LogP contribution in [-0.2, 0) is 11.2 Å². The molecular formula is C13H13N3OS3. The zero-order chi connectivity index (χ0) is 13.9. The molecule has 1 N–H and O–H groups in total. The molecule has 0 saturated heterocycles. The Morgan fingerprint density at radius 2 is 2.25 bits per heavy atom. The van der Waals surface area contributed by atoms with Crippen molar-refractivity contribution in [1.82, 2.24) is 9.36 Å². The van der Waals surface area contributed by atoms with Gasteiger partial charge in [-0.15, -0.1) is 0 Å². The number of nitrogens with zero attached hydrogens (tertiary/aromatic N) is 2. The van der Waals surface area contributed by atoms with Gasteiger partial charge in [-0.2, -0.15) is 4.37 Å². The maximum absolute atomic E-state index is 12.3. The second kappa shape index (κ2) is 6.15. The number of aromatic nitrogens is 2. The molecule has 0 radical (unpaired) electrons. The molecule has 2 heterocycles. The van der Waals surface area contributed by atoms with Crippen molar-refractivity contribution in [3.05, 3.63) is 29.8 Å². The normalized spacial score (nSPS) is 18.2. The van der Waals surface area contributed by atoms with Gasteiger partial charge in [-0.3, -0.25) is 4.79 Å². The number of carbonyl (C=O) groups excluding carboxylic acids is 1. The van der Waals surface area contributed by atoms with Gasteiger partial charge < -0.3 is 5.32 Å². The molecule has 0 fully saturated rings. The molecular weight excluding hydrogens is 310 g/mol. The minimum atomic E-state index is -0.106. The Morgan fingerprint density at radius 1 is 1.40 bits per heavy atom. The summed E-state index contributed by atoms with van der Waals surface area (Å²) in [4.78, 5) is 16.7. The summed E-state index contributed by atoms with van der Waals surface area (Å²) in [6, 6.07) is 7.98. The zero-order valence-corrected chi connectivity index (χ0v) is 13.3. The van der Waals surface area contributed by atoms with E-state index >= 15 is 0 Å². The molecule has 4 nitrogen and oxygen atoms in total. The van der Waals surface area contributed by atoms with Gasteiger partial charge in [0.15, 0.2) is 4.34 Å². The SMILES string of the molecule is CSc1nsc(S[C@@H]2CCc3ccccc3NC2=O)n1. The first-order valence-corrected chi connectivity index (χ1v) is 9.07. The maximum Gasteiger partial charge on any atom is 0.237 e. The van der Waals surface area contributed by atoms with Crippen LogP contribution in [0.25, 0.3) is 0 Å². The highest BCUT2D eigenvalue weighted by molar-refractivity contribution is 8.02. The number of anilines is 1. The summed E-state index contributed by atoms with van der Waals surface area (Å²) in [6.45, 7) is 0. The standard InChI is InChI=1S/C13H13N3OS3/c1-18-12-15-13(20-16-12)19-10-7-6-8-4-2-3-5-9(8)14-11(10)17/h2-5,10H,6-7H2,1H3,(H,14,17)/t10-/m1/s1. The van der Waals surface area contributed by atoms with Crippen molar-refractivity contribution in [2.24, 2.45) is 0 Å². The Morgan fingerprint density at radius 3 is 3.05 bits per heavy atom. The number of hydrogen-bond acceptors (Lipinski definition) is 6. The summed E-state index contributed by atoms with van der Waals surface area (Å²) >= 11 is 4.39. The van der Waals surface area contributed by atoms with Crippen LogP contribution in [0.3, 0.4) is 0 Å². The molecule has 0 bridgehead atoms. The van der Waals surface area contributed by atoms with Gasteiger partial charge in [0, 0.05) is 5.69 Å². The minimum absolute atomic E-state index is 0.0563. The first-order valence-electron chi connectivity index (χ1n) is 6.19. The van der Waals surface area contributed by atoms with E-state index in [0.717, 1.165) is 28.0 Å². The topological polar surface area (TPSA) is 54.9 Å². The Hall–Kier alpha value is -1.05. The van der Waals surface area contributed by atoms with Crippen molar-refractivity contribution in [3.63, 3.8) is 0 Å². The second-order valence-electron chi connectivity index (χ2n) is 4.34. The Bertz CT molecular complexity index is 629. The van der Waals surface area contributed by atoms with Crippen molar-refractivity contribution < 1.29 is 4.79 Å². The van der Waals surface area contributed by atoms with Gasteiger partial charge in [0.1, 0.15) is 0 Å². The third kappa shape index (κ3) is 2.99. The van der Waals surface area contributed by atoms with Crippen LogP contribution in [-0.4, -0.2) is 26.8 Å². The molecule has 1 amide bonds. The molecule has 1 aromatic heterocycles. The van der Waals surface area contributed by atoms with Gasteiger partial charge >= 0.3 is 0 Å². The van der Waals surface area contributed by atoms with Gasteiger partial charge in [-0.05, 0) is 42.3 Å². The van der Waals surface area contributed by atoms with Gasteiger partial charge in [0.25, 0.3) is 0 Å². The fourth-order valence-electron chi connectivity index (χ4n) is 2.05. The highest BCUT2D eigenvalue weighted by Crippen LogP contribution is 2.33. The summed E-state index contributed by atoms with van der Waals surface area (Å²) in [5.74, 6) is 0.0563. The van der Waals surface area contributed by atoms with E-state index in [1.54, 1.807) is 0 Å². The van der Waals surface area contributed by atoms with E-state index in [4.69, 9.17) is 0 Å². The minimum Gasteiger partial charge on any atom is -0.325 e. The average Bonchev–Trinajstić information content (AvgIpc) is 2.85. The Labute approximate surface area is 129 Å². The average molecular weight is 323 g/mol. The Kier molecular flexibility index (Phi) is 4.28. The number of rotatable bonds is 3. The van der Waals surface area contributed by atoms with Crippen LogP contribution in [0, 0.1) is 0 Å². The van der Waals surface area contributed by atoms with E-state index in [-0.39, 0.29) is 11.2 Å². The van der Waals surface area contributed by atoms with Crippen LogP contribution < -0.4 is 5.32 Å². The van der Waals surface area contributed by atoms with Crippen molar-refractivity contribution in [3.8, 4) is 0 Å². The molecule has 0 saturated carbocycles. The van der Waals surface area contributed by atoms with Crippen molar-refractivity contribution in [2.75, 3.05) is 11.6 Å². The number of thioether (sulfide) groups is 2. The fraction of sp³-hybridized carbons (Fsp3) is 0.308. The van der Waals surface area contributed by atoms with Gasteiger partial charge in [-0.25, -0.2) is 4.98 Å². The van der Waals surface area contributed by atoms with Crippen molar-refractivity contribution in [2.45, 2.75) is 27.6 Å². The van der Waals surface area contributed by atoms with Crippen LogP contribution in [0.4, 0.5) is 5.69 Å². The lowest BCUT2D eigenvalue weighted by atomic mass is 10.1. The highest BCUT2D eigenvalue weighted by atomic mass is 32.2. The van der Waals surface area contributed by atoms with E-state index in [2.05, 4.69) is 20.7 Å². The van der Waals surface area contributed by atoms with E-state index in [1.807, 2.05) is 24.5 Å². The lowest BCUT2D eigenvalue weighted by Gasteiger charge is -2.10. The first-order chi connectivity index (χ1) is 9.76. The van der Waals surface area contributed by atoms with E-state index in [9.17, 15) is 4.79 Å². The third-order valence-corrected chi connectivity index (χ3v) is 5.77. The molecule has 3 rings (SSSR count). The number of amides is 1. The number of carbonyl (C=O) groups is 1. The monoisotopic (exact) mass is 323 g/mol. The third-order valence-electron chi connectivity index (χ3n) is 3.06. The predicted octanol–water partition coefficient (Wildman–Crippen LogP) is 3.31. The number of fused-ring (bicyclic) bond motifs is 1. The lowest BCUT2D eigenvalue weighted by molar-refractivity contribution is -0.115. The molecule has 1 aliphatic rings.